The lowest BCUT2D eigenvalue weighted by Gasteiger charge is -2.32. The van der Waals surface area contributed by atoms with E-state index >= 15 is 0 Å². The van der Waals surface area contributed by atoms with Gasteiger partial charge in [-0.2, -0.15) is 0 Å². The molecule has 0 amide bonds. The van der Waals surface area contributed by atoms with Crippen molar-refractivity contribution in [3.63, 3.8) is 0 Å². The minimum Gasteiger partial charge on any atom is -0.481 e. The highest BCUT2D eigenvalue weighted by molar-refractivity contribution is 9.10. The lowest BCUT2D eigenvalue weighted by Crippen LogP contribution is -2.33. The van der Waals surface area contributed by atoms with E-state index < -0.39 is 5.97 Å². The molecule has 1 aromatic rings. The molecule has 2 N–H and O–H groups in total. The molecule has 0 bridgehead atoms. The van der Waals surface area contributed by atoms with Gasteiger partial charge in [-0.1, -0.05) is 13.8 Å². The zero-order valence-corrected chi connectivity index (χ0v) is 12.0. The number of carboxylic acid groups (broad SMARTS) is 1. The van der Waals surface area contributed by atoms with E-state index in [2.05, 4.69) is 21.2 Å². The van der Waals surface area contributed by atoms with Crippen molar-refractivity contribution in [1.29, 1.82) is 0 Å². The smallest absolute Gasteiger partial charge is 0.303 e. The quantitative estimate of drug-likeness (QED) is 0.878. The van der Waals surface area contributed by atoms with Gasteiger partial charge in [0.2, 0.25) is 0 Å². The first kappa shape index (κ1) is 13.7. The predicted molar refractivity (Wildman–Crippen MR) is 69.9 cm³/mol. The first-order valence-corrected chi connectivity index (χ1v) is 6.67. The Morgan fingerprint density at radius 1 is 1.69 bits per heavy atom. The van der Waals surface area contributed by atoms with Crippen molar-refractivity contribution in [2.24, 2.45) is 5.41 Å². The molecule has 0 aliphatic heterocycles. The van der Waals surface area contributed by atoms with Gasteiger partial charge in [-0.3, -0.25) is 4.79 Å². The van der Waals surface area contributed by atoms with Crippen LogP contribution in [0.2, 0.25) is 0 Å². The topological polar surface area (TPSA) is 49.3 Å². The fraction of sp³-hybridized carbons (Fsp3) is 0.545. The summed E-state index contributed by atoms with van der Waals surface area (Å²) in [5.41, 5.74) is -0.315. The van der Waals surface area contributed by atoms with Crippen molar-refractivity contribution in [1.82, 2.24) is 5.32 Å². The molecule has 0 aromatic carbocycles. The van der Waals surface area contributed by atoms with Crippen molar-refractivity contribution >= 4 is 33.2 Å². The van der Waals surface area contributed by atoms with Gasteiger partial charge in [-0.25, -0.2) is 0 Å². The van der Waals surface area contributed by atoms with Gasteiger partial charge >= 0.3 is 5.97 Å². The molecule has 0 fully saturated rings. The number of nitrogens with one attached hydrogen (secondary N) is 1. The highest BCUT2D eigenvalue weighted by Gasteiger charge is 2.32. The maximum Gasteiger partial charge on any atom is 0.303 e. The summed E-state index contributed by atoms with van der Waals surface area (Å²) in [6.45, 7) is 3.94. The number of rotatable bonds is 5. The van der Waals surface area contributed by atoms with E-state index in [4.69, 9.17) is 5.11 Å². The van der Waals surface area contributed by atoms with E-state index in [9.17, 15) is 4.79 Å². The summed E-state index contributed by atoms with van der Waals surface area (Å²) >= 11 is 5.05. The third-order valence-electron chi connectivity index (χ3n) is 2.55. The van der Waals surface area contributed by atoms with Crippen LogP contribution in [-0.2, 0) is 4.79 Å². The van der Waals surface area contributed by atoms with Gasteiger partial charge in [-0.05, 0) is 34.5 Å². The number of carboxylic acids is 1. The SMILES string of the molecule is CNC(c1cc(Br)cs1)C(C)(C)CC(=O)O. The van der Waals surface area contributed by atoms with Gasteiger partial charge in [0.25, 0.3) is 0 Å². The van der Waals surface area contributed by atoms with E-state index in [0.29, 0.717) is 0 Å². The van der Waals surface area contributed by atoms with Crippen molar-refractivity contribution in [3.8, 4) is 0 Å². The summed E-state index contributed by atoms with van der Waals surface area (Å²) in [6, 6.07) is 2.09. The highest BCUT2D eigenvalue weighted by Crippen LogP contribution is 2.39. The molecule has 90 valence electrons. The number of hydrogen-bond acceptors (Lipinski definition) is 3. The van der Waals surface area contributed by atoms with E-state index in [1.54, 1.807) is 11.3 Å². The van der Waals surface area contributed by atoms with Gasteiger partial charge in [-0.15, -0.1) is 11.3 Å². The van der Waals surface area contributed by atoms with Crippen LogP contribution in [0.5, 0.6) is 0 Å². The number of hydrogen-bond donors (Lipinski definition) is 2. The largest absolute Gasteiger partial charge is 0.481 e. The van der Waals surface area contributed by atoms with Crippen molar-refractivity contribution in [3.05, 3.63) is 20.8 Å². The van der Waals surface area contributed by atoms with E-state index in [1.165, 1.54) is 0 Å². The fourth-order valence-corrected chi connectivity index (χ4v) is 3.65. The van der Waals surface area contributed by atoms with Gasteiger partial charge < -0.3 is 10.4 Å². The summed E-state index contributed by atoms with van der Waals surface area (Å²) in [6.07, 6.45) is 0.147. The summed E-state index contributed by atoms with van der Waals surface area (Å²) in [4.78, 5) is 12.0. The van der Waals surface area contributed by atoms with Crippen LogP contribution in [0.4, 0.5) is 0 Å². The normalized spacial score (nSPS) is 13.8. The molecule has 0 aliphatic carbocycles. The molecule has 3 nitrogen and oxygen atoms in total. The van der Waals surface area contributed by atoms with Crippen molar-refractivity contribution in [2.75, 3.05) is 7.05 Å². The predicted octanol–water partition coefficient (Wildman–Crippen LogP) is 3.27. The fourth-order valence-electron chi connectivity index (χ4n) is 1.89. The van der Waals surface area contributed by atoms with Crippen LogP contribution in [0.3, 0.4) is 0 Å². The van der Waals surface area contributed by atoms with Gasteiger partial charge in [0.05, 0.1) is 6.42 Å². The average molecular weight is 306 g/mol. The third kappa shape index (κ3) is 3.30. The van der Waals surface area contributed by atoms with Crippen LogP contribution >= 0.6 is 27.3 Å². The molecule has 16 heavy (non-hydrogen) atoms. The second-order valence-electron chi connectivity index (χ2n) is 4.45. The second kappa shape index (κ2) is 5.29. The maximum atomic E-state index is 10.8. The molecular weight excluding hydrogens is 290 g/mol. The first-order chi connectivity index (χ1) is 7.36. The molecule has 1 atom stereocenters. The number of halogens is 1. The van der Waals surface area contributed by atoms with Crippen LogP contribution in [0.15, 0.2) is 15.9 Å². The van der Waals surface area contributed by atoms with Crippen LogP contribution < -0.4 is 5.32 Å². The number of aliphatic carboxylic acids is 1. The Kier molecular flexibility index (Phi) is 4.52. The second-order valence-corrected chi connectivity index (χ2v) is 6.31. The molecule has 1 aromatic heterocycles. The summed E-state index contributed by atoms with van der Waals surface area (Å²) in [5, 5.41) is 14.1. The molecule has 1 unspecified atom stereocenters. The average Bonchev–Trinajstić information content (AvgIpc) is 2.49. The Morgan fingerprint density at radius 2 is 2.31 bits per heavy atom. The molecule has 0 saturated heterocycles. The summed E-state index contributed by atoms with van der Waals surface area (Å²) in [5.74, 6) is -0.763. The molecule has 1 rings (SSSR count). The Bertz CT molecular complexity index is 376. The zero-order chi connectivity index (χ0) is 12.3. The Labute approximate surface area is 108 Å². The number of carbonyl (C=O) groups is 1. The van der Waals surface area contributed by atoms with E-state index in [0.717, 1.165) is 9.35 Å². The monoisotopic (exact) mass is 305 g/mol. The van der Waals surface area contributed by atoms with Crippen LogP contribution in [0.25, 0.3) is 0 Å². The Hall–Kier alpha value is -0.390. The zero-order valence-electron chi connectivity index (χ0n) is 9.58. The Balaban J connectivity index is 2.93. The van der Waals surface area contributed by atoms with Gasteiger partial charge in [0.1, 0.15) is 0 Å². The van der Waals surface area contributed by atoms with Crippen molar-refractivity contribution in [2.45, 2.75) is 26.3 Å². The maximum absolute atomic E-state index is 10.8. The number of thiophene rings is 1. The van der Waals surface area contributed by atoms with Crippen LogP contribution in [-0.4, -0.2) is 18.1 Å². The molecule has 0 aliphatic rings. The standard InChI is InChI=1S/C11H16BrNO2S/c1-11(2,5-9(14)15)10(13-3)8-4-7(12)6-16-8/h4,6,10,13H,5H2,1-3H3,(H,14,15). The van der Waals surface area contributed by atoms with Crippen LogP contribution in [0, 0.1) is 5.41 Å². The van der Waals surface area contributed by atoms with E-state index in [1.807, 2.05) is 32.3 Å². The van der Waals surface area contributed by atoms with Crippen molar-refractivity contribution < 1.29 is 9.90 Å². The molecule has 1 heterocycles. The van der Waals surface area contributed by atoms with Crippen LogP contribution in [0.1, 0.15) is 31.2 Å². The molecule has 0 spiro atoms. The third-order valence-corrected chi connectivity index (χ3v) is 4.31. The summed E-state index contributed by atoms with van der Waals surface area (Å²) < 4.78 is 1.04. The van der Waals surface area contributed by atoms with Gasteiger partial charge in [0.15, 0.2) is 0 Å². The molecule has 5 heteroatoms. The molecule has 0 radical (unpaired) electrons. The minimum atomic E-state index is -0.763. The molecular formula is C11H16BrNO2S. The minimum absolute atomic E-state index is 0.0555. The Morgan fingerprint density at radius 3 is 2.69 bits per heavy atom. The van der Waals surface area contributed by atoms with E-state index in [-0.39, 0.29) is 17.9 Å². The summed E-state index contributed by atoms with van der Waals surface area (Å²) in [7, 11) is 1.86. The lowest BCUT2D eigenvalue weighted by atomic mass is 9.80. The highest BCUT2D eigenvalue weighted by atomic mass is 79.9. The first-order valence-electron chi connectivity index (χ1n) is 5.00. The molecule has 0 saturated carbocycles. The lowest BCUT2D eigenvalue weighted by molar-refractivity contribution is -0.139. The van der Waals surface area contributed by atoms with Gasteiger partial charge in [0, 0.05) is 20.8 Å².